The number of nitriles is 1. The fourth-order valence-corrected chi connectivity index (χ4v) is 2.70. The van der Waals surface area contributed by atoms with Crippen LogP contribution in [0.3, 0.4) is 0 Å². The van der Waals surface area contributed by atoms with Gasteiger partial charge in [0.1, 0.15) is 29.3 Å². The zero-order chi connectivity index (χ0) is 13.9. The molecule has 0 saturated carbocycles. The highest BCUT2D eigenvalue weighted by atomic mass is 19.1. The number of aryl methyl sites for hydroxylation is 1. The van der Waals surface area contributed by atoms with Gasteiger partial charge < -0.3 is 4.74 Å². The van der Waals surface area contributed by atoms with Crippen LogP contribution in [0.2, 0.25) is 0 Å². The van der Waals surface area contributed by atoms with E-state index >= 15 is 0 Å². The summed E-state index contributed by atoms with van der Waals surface area (Å²) in [6.07, 6.45) is 2.87. The minimum atomic E-state index is -0.533. The summed E-state index contributed by atoms with van der Waals surface area (Å²) in [4.78, 5) is 0. The Morgan fingerprint density at radius 3 is 2.85 bits per heavy atom. The number of hydrogen-bond donors (Lipinski definition) is 0. The molecule has 20 heavy (non-hydrogen) atoms. The van der Waals surface area contributed by atoms with Crippen LogP contribution in [0.4, 0.5) is 4.39 Å². The Hall–Kier alpha value is -2.34. The van der Waals surface area contributed by atoms with Crippen molar-refractivity contribution in [2.75, 3.05) is 0 Å². The number of halogens is 1. The Balaban J connectivity index is 1.94. The fraction of sp³-hybridized carbons (Fsp3) is 0.235. The predicted octanol–water partition coefficient (Wildman–Crippen LogP) is 4.15. The Morgan fingerprint density at radius 2 is 2.00 bits per heavy atom. The first kappa shape index (κ1) is 12.7. The van der Waals surface area contributed by atoms with Crippen molar-refractivity contribution in [1.29, 1.82) is 5.26 Å². The molecule has 0 spiro atoms. The topological polar surface area (TPSA) is 33.0 Å². The van der Waals surface area contributed by atoms with Gasteiger partial charge in [-0.25, -0.2) is 4.39 Å². The molecule has 0 N–H and O–H groups in total. The minimum Gasteiger partial charge on any atom is -0.484 e. The molecule has 0 aromatic heterocycles. The third kappa shape index (κ3) is 2.25. The van der Waals surface area contributed by atoms with Crippen LogP contribution in [-0.2, 0) is 6.42 Å². The second-order valence-electron chi connectivity index (χ2n) is 4.92. The zero-order valence-electron chi connectivity index (χ0n) is 11.0. The highest BCUT2D eigenvalue weighted by Gasteiger charge is 2.22. The monoisotopic (exact) mass is 267 g/mol. The lowest BCUT2D eigenvalue weighted by molar-refractivity contribution is 0.182. The SMILES string of the molecule is N#Cc1c(F)cccc1OC1CCCc2ccccc21. The fourth-order valence-electron chi connectivity index (χ4n) is 2.70. The van der Waals surface area contributed by atoms with Gasteiger partial charge in [0, 0.05) is 0 Å². The molecule has 2 aromatic carbocycles. The Morgan fingerprint density at radius 1 is 1.15 bits per heavy atom. The maximum atomic E-state index is 13.6. The third-order valence-corrected chi connectivity index (χ3v) is 3.67. The van der Waals surface area contributed by atoms with E-state index in [0.717, 1.165) is 24.8 Å². The van der Waals surface area contributed by atoms with Crippen molar-refractivity contribution in [2.45, 2.75) is 25.4 Å². The molecular weight excluding hydrogens is 253 g/mol. The van der Waals surface area contributed by atoms with Crippen molar-refractivity contribution in [3.63, 3.8) is 0 Å². The molecule has 1 aliphatic carbocycles. The van der Waals surface area contributed by atoms with E-state index in [0.29, 0.717) is 5.75 Å². The number of benzene rings is 2. The van der Waals surface area contributed by atoms with E-state index in [-0.39, 0.29) is 11.7 Å². The Kier molecular flexibility index (Phi) is 3.39. The van der Waals surface area contributed by atoms with Gasteiger partial charge in [0.25, 0.3) is 0 Å². The smallest absolute Gasteiger partial charge is 0.144 e. The van der Waals surface area contributed by atoms with Gasteiger partial charge in [0.15, 0.2) is 0 Å². The highest BCUT2D eigenvalue weighted by Crippen LogP contribution is 2.34. The molecule has 0 heterocycles. The summed E-state index contributed by atoms with van der Waals surface area (Å²) in [5.74, 6) is -0.205. The number of nitrogens with zero attached hydrogens (tertiary/aromatic N) is 1. The number of rotatable bonds is 2. The Labute approximate surface area is 117 Å². The van der Waals surface area contributed by atoms with Crippen molar-refractivity contribution in [1.82, 2.24) is 0 Å². The molecule has 0 fully saturated rings. The summed E-state index contributed by atoms with van der Waals surface area (Å²) >= 11 is 0. The molecule has 2 aromatic rings. The Bertz CT molecular complexity index is 675. The van der Waals surface area contributed by atoms with Gasteiger partial charge in [-0.15, -0.1) is 0 Å². The van der Waals surface area contributed by atoms with Crippen molar-refractivity contribution in [3.05, 3.63) is 65.0 Å². The molecule has 3 rings (SSSR count). The van der Waals surface area contributed by atoms with Crippen molar-refractivity contribution >= 4 is 0 Å². The molecule has 0 amide bonds. The molecule has 1 unspecified atom stereocenters. The van der Waals surface area contributed by atoms with E-state index < -0.39 is 5.82 Å². The van der Waals surface area contributed by atoms with Crippen LogP contribution < -0.4 is 4.74 Å². The first-order valence-electron chi connectivity index (χ1n) is 6.72. The van der Waals surface area contributed by atoms with Crippen molar-refractivity contribution in [3.8, 4) is 11.8 Å². The standard InChI is InChI=1S/C17H14FNO/c18-15-8-4-10-17(14(15)11-19)20-16-9-3-6-12-5-1-2-7-13(12)16/h1-2,4-5,7-8,10,16H,3,6,9H2. The summed E-state index contributed by atoms with van der Waals surface area (Å²) < 4.78 is 19.5. The van der Waals surface area contributed by atoms with Crippen LogP contribution in [-0.4, -0.2) is 0 Å². The van der Waals surface area contributed by atoms with Gasteiger partial charge in [0.2, 0.25) is 0 Å². The maximum Gasteiger partial charge on any atom is 0.144 e. The van der Waals surface area contributed by atoms with Crippen LogP contribution in [0.1, 0.15) is 35.6 Å². The molecule has 100 valence electrons. The number of hydrogen-bond acceptors (Lipinski definition) is 2. The van der Waals surface area contributed by atoms with Crippen molar-refractivity contribution in [2.24, 2.45) is 0 Å². The van der Waals surface area contributed by atoms with E-state index in [1.165, 1.54) is 11.6 Å². The molecular formula is C17H14FNO. The summed E-state index contributed by atoms with van der Waals surface area (Å²) in [6.45, 7) is 0. The highest BCUT2D eigenvalue weighted by molar-refractivity contribution is 5.44. The van der Waals surface area contributed by atoms with Gasteiger partial charge in [-0.05, 0) is 42.5 Å². The largest absolute Gasteiger partial charge is 0.484 e. The van der Waals surface area contributed by atoms with Crippen LogP contribution in [0.25, 0.3) is 0 Å². The molecule has 1 aliphatic rings. The lowest BCUT2D eigenvalue weighted by atomic mass is 9.89. The molecule has 1 atom stereocenters. The number of fused-ring (bicyclic) bond motifs is 1. The molecule has 0 aliphatic heterocycles. The lowest BCUT2D eigenvalue weighted by Gasteiger charge is -2.26. The van der Waals surface area contributed by atoms with Gasteiger partial charge in [-0.3, -0.25) is 0 Å². The van der Waals surface area contributed by atoms with E-state index in [9.17, 15) is 4.39 Å². The summed E-state index contributed by atoms with van der Waals surface area (Å²) in [6, 6.07) is 14.5. The van der Waals surface area contributed by atoms with Gasteiger partial charge >= 0.3 is 0 Å². The van der Waals surface area contributed by atoms with E-state index in [1.807, 2.05) is 24.3 Å². The minimum absolute atomic E-state index is 0.0180. The van der Waals surface area contributed by atoms with Gasteiger partial charge in [-0.2, -0.15) is 5.26 Å². The van der Waals surface area contributed by atoms with Crippen LogP contribution in [0, 0.1) is 17.1 Å². The molecule has 3 heteroatoms. The third-order valence-electron chi connectivity index (χ3n) is 3.67. The van der Waals surface area contributed by atoms with E-state index in [2.05, 4.69) is 6.07 Å². The van der Waals surface area contributed by atoms with Crippen LogP contribution in [0.15, 0.2) is 42.5 Å². The van der Waals surface area contributed by atoms with E-state index in [1.54, 1.807) is 12.1 Å². The normalized spacial score (nSPS) is 17.1. The molecule has 0 bridgehead atoms. The summed E-state index contributed by atoms with van der Waals surface area (Å²) in [7, 11) is 0. The van der Waals surface area contributed by atoms with Crippen molar-refractivity contribution < 1.29 is 9.13 Å². The van der Waals surface area contributed by atoms with Gasteiger partial charge in [-0.1, -0.05) is 30.3 Å². The second kappa shape index (κ2) is 5.34. The first-order chi connectivity index (χ1) is 9.79. The molecule has 0 radical (unpaired) electrons. The predicted molar refractivity (Wildman–Crippen MR) is 73.9 cm³/mol. The van der Waals surface area contributed by atoms with Crippen LogP contribution >= 0.6 is 0 Å². The zero-order valence-corrected chi connectivity index (χ0v) is 11.0. The lowest BCUT2D eigenvalue weighted by Crippen LogP contribution is -2.15. The maximum absolute atomic E-state index is 13.6. The first-order valence-corrected chi connectivity index (χ1v) is 6.72. The second-order valence-corrected chi connectivity index (χ2v) is 4.92. The summed E-state index contributed by atoms with van der Waals surface area (Å²) in [5.41, 5.74) is 2.40. The quantitative estimate of drug-likeness (QED) is 0.818. The average molecular weight is 267 g/mol. The molecule has 2 nitrogen and oxygen atoms in total. The van der Waals surface area contributed by atoms with Gasteiger partial charge in [0.05, 0.1) is 0 Å². The number of ether oxygens (including phenoxy) is 1. The van der Waals surface area contributed by atoms with Crippen LogP contribution in [0.5, 0.6) is 5.75 Å². The molecule has 0 saturated heterocycles. The average Bonchev–Trinajstić information content (AvgIpc) is 2.48. The summed E-state index contributed by atoms with van der Waals surface area (Å²) in [5, 5.41) is 9.05. The van der Waals surface area contributed by atoms with E-state index in [4.69, 9.17) is 10.00 Å².